The molecule has 0 saturated carbocycles. The first kappa shape index (κ1) is 8.37. The Morgan fingerprint density at radius 1 is 1.50 bits per heavy atom. The van der Waals surface area contributed by atoms with Crippen molar-refractivity contribution in [2.45, 2.75) is 13.0 Å². The lowest BCUT2D eigenvalue weighted by molar-refractivity contribution is 0.235. The van der Waals surface area contributed by atoms with Gasteiger partial charge in [0.15, 0.2) is 0 Å². The van der Waals surface area contributed by atoms with Crippen LogP contribution in [-0.4, -0.2) is 42.1 Å². The zero-order valence-electron chi connectivity index (χ0n) is 6.55. The molecule has 0 aromatic rings. The minimum absolute atomic E-state index is 0.584. The maximum absolute atomic E-state index is 5.55. The van der Waals surface area contributed by atoms with Crippen LogP contribution < -0.4 is 5.73 Å². The molecule has 60 valence electrons. The Balaban J connectivity index is 2.24. The molecule has 1 atom stereocenters. The van der Waals surface area contributed by atoms with Gasteiger partial charge < -0.3 is 5.73 Å². The Labute approximate surface area is 67.1 Å². The van der Waals surface area contributed by atoms with Crippen LogP contribution in [0.3, 0.4) is 0 Å². The predicted molar refractivity (Wildman–Crippen MR) is 47.4 cm³/mol. The largest absolute Gasteiger partial charge is 0.329 e. The fourth-order valence-electron chi connectivity index (χ4n) is 1.17. The Morgan fingerprint density at radius 2 is 2.10 bits per heavy atom. The van der Waals surface area contributed by atoms with Gasteiger partial charge in [0.25, 0.3) is 0 Å². The van der Waals surface area contributed by atoms with Gasteiger partial charge in [-0.3, -0.25) is 4.90 Å². The number of hydrogen-bond acceptors (Lipinski definition) is 3. The molecule has 0 radical (unpaired) electrons. The minimum atomic E-state index is 0.584. The smallest absolute Gasteiger partial charge is 0.0190 e. The molecule has 0 bridgehead atoms. The van der Waals surface area contributed by atoms with E-state index in [9.17, 15) is 0 Å². The van der Waals surface area contributed by atoms with Crippen molar-refractivity contribution in [1.82, 2.24) is 4.90 Å². The van der Waals surface area contributed by atoms with Crippen molar-refractivity contribution in [3.8, 4) is 0 Å². The lowest BCUT2D eigenvalue weighted by Crippen LogP contribution is -2.43. The summed E-state index contributed by atoms with van der Waals surface area (Å²) in [6.07, 6.45) is 0. The van der Waals surface area contributed by atoms with Gasteiger partial charge in [-0.15, -0.1) is 0 Å². The van der Waals surface area contributed by atoms with Gasteiger partial charge in [0.05, 0.1) is 0 Å². The fourth-order valence-corrected chi connectivity index (χ4v) is 2.10. The molecule has 1 heterocycles. The summed E-state index contributed by atoms with van der Waals surface area (Å²) in [6, 6.07) is 0.584. The molecule has 0 spiro atoms. The van der Waals surface area contributed by atoms with Crippen molar-refractivity contribution < 1.29 is 0 Å². The van der Waals surface area contributed by atoms with Gasteiger partial charge in [-0.2, -0.15) is 11.8 Å². The highest BCUT2D eigenvalue weighted by Crippen LogP contribution is 2.10. The number of thioether (sulfide) groups is 1. The quantitative estimate of drug-likeness (QED) is 0.633. The molecule has 0 aliphatic carbocycles. The Morgan fingerprint density at radius 3 is 2.60 bits per heavy atom. The van der Waals surface area contributed by atoms with E-state index in [4.69, 9.17) is 5.73 Å². The highest BCUT2D eigenvalue weighted by Gasteiger charge is 2.14. The van der Waals surface area contributed by atoms with Crippen molar-refractivity contribution in [3.63, 3.8) is 0 Å². The molecule has 10 heavy (non-hydrogen) atoms. The van der Waals surface area contributed by atoms with Crippen LogP contribution in [0.5, 0.6) is 0 Å². The van der Waals surface area contributed by atoms with Gasteiger partial charge >= 0.3 is 0 Å². The van der Waals surface area contributed by atoms with Crippen molar-refractivity contribution in [3.05, 3.63) is 0 Å². The molecule has 3 heteroatoms. The maximum atomic E-state index is 5.55. The van der Waals surface area contributed by atoms with Gasteiger partial charge in [-0.25, -0.2) is 0 Å². The third kappa shape index (κ3) is 2.15. The predicted octanol–water partition coefficient (Wildman–Crippen LogP) is 0.382. The minimum Gasteiger partial charge on any atom is -0.329 e. The van der Waals surface area contributed by atoms with Crippen LogP contribution in [0.4, 0.5) is 0 Å². The summed E-state index contributed by atoms with van der Waals surface area (Å²) in [5.74, 6) is 2.56. The van der Waals surface area contributed by atoms with Crippen LogP contribution >= 0.6 is 11.8 Å². The molecule has 1 rings (SSSR count). The van der Waals surface area contributed by atoms with E-state index in [0.29, 0.717) is 6.04 Å². The summed E-state index contributed by atoms with van der Waals surface area (Å²) >= 11 is 2.04. The first-order chi connectivity index (χ1) is 4.84. The normalized spacial score (nSPS) is 24.6. The molecular weight excluding hydrogens is 144 g/mol. The maximum Gasteiger partial charge on any atom is 0.0190 e. The van der Waals surface area contributed by atoms with Gasteiger partial charge in [0.2, 0.25) is 0 Å². The summed E-state index contributed by atoms with van der Waals surface area (Å²) in [6.45, 7) is 5.45. The van der Waals surface area contributed by atoms with Crippen LogP contribution in [0.25, 0.3) is 0 Å². The van der Waals surface area contributed by atoms with Gasteiger partial charge in [-0.05, 0) is 6.92 Å². The molecular formula is C7H16N2S. The lowest BCUT2D eigenvalue weighted by atomic mass is 10.3. The van der Waals surface area contributed by atoms with E-state index >= 15 is 0 Å². The summed E-state index contributed by atoms with van der Waals surface area (Å²) in [5.41, 5.74) is 5.55. The highest BCUT2D eigenvalue weighted by atomic mass is 32.2. The van der Waals surface area contributed by atoms with Crippen LogP contribution in [-0.2, 0) is 0 Å². The molecule has 1 saturated heterocycles. The van der Waals surface area contributed by atoms with E-state index in [1.54, 1.807) is 0 Å². The van der Waals surface area contributed by atoms with Crippen molar-refractivity contribution in [2.24, 2.45) is 5.73 Å². The average molecular weight is 160 g/mol. The lowest BCUT2D eigenvalue weighted by Gasteiger charge is -2.31. The van der Waals surface area contributed by atoms with Gasteiger partial charge in [0, 0.05) is 37.2 Å². The van der Waals surface area contributed by atoms with Crippen LogP contribution in [0.15, 0.2) is 0 Å². The third-order valence-corrected chi connectivity index (χ3v) is 2.95. The van der Waals surface area contributed by atoms with Gasteiger partial charge in [0.1, 0.15) is 0 Å². The fraction of sp³-hybridized carbons (Fsp3) is 1.00. The van der Waals surface area contributed by atoms with Crippen LogP contribution in [0.2, 0.25) is 0 Å². The summed E-state index contributed by atoms with van der Waals surface area (Å²) < 4.78 is 0. The highest BCUT2D eigenvalue weighted by molar-refractivity contribution is 7.99. The van der Waals surface area contributed by atoms with Gasteiger partial charge in [-0.1, -0.05) is 0 Å². The second kappa shape index (κ2) is 4.21. The second-order valence-electron chi connectivity index (χ2n) is 2.73. The number of hydrogen-bond donors (Lipinski definition) is 1. The van der Waals surface area contributed by atoms with E-state index < -0.39 is 0 Å². The Bertz CT molecular complexity index is 91.6. The van der Waals surface area contributed by atoms with Crippen molar-refractivity contribution >= 4 is 11.8 Å². The Hall–Kier alpha value is 0.270. The number of nitrogens with zero attached hydrogens (tertiary/aromatic N) is 1. The molecule has 1 aliphatic rings. The second-order valence-corrected chi connectivity index (χ2v) is 3.96. The SMILES string of the molecule is C[C@@H](CN)N1CCSCC1. The van der Waals surface area contributed by atoms with Crippen LogP contribution in [0, 0.1) is 0 Å². The zero-order chi connectivity index (χ0) is 7.40. The molecule has 0 aromatic heterocycles. The number of rotatable bonds is 2. The average Bonchev–Trinajstić information content (AvgIpc) is 2.05. The molecule has 0 amide bonds. The molecule has 0 aromatic carbocycles. The Kier molecular flexibility index (Phi) is 3.52. The van der Waals surface area contributed by atoms with Crippen molar-refractivity contribution in [1.29, 1.82) is 0 Å². The first-order valence-electron chi connectivity index (χ1n) is 3.86. The van der Waals surface area contributed by atoms with E-state index in [1.807, 2.05) is 11.8 Å². The summed E-state index contributed by atoms with van der Waals surface area (Å²) in [4.78, 5) is 2.47. The molecule has 1 fully saturated rings. The molecule has 2 nitrogen and oxygen atoms in total. The zero-order valence-corrected chi connectivity index (χ0v) is 7.36. The van der Waals surface area contributed by atoms with Crippen molar-refractivity contribution in [2.75, 3.05) is 31.1 Å². The number of nitrogens with two attached hydrogens (primary N) is 1. The standard InChI is InChI=1S/C7H16N2S/c1-7(6-8)9-2-4-10-5-3-9/h7H,2-6,8H2,1H3/t7-/m0/s1. The first-order valence-corrected chi connectivity index (χ1v) is 5.02. The van der Waals surface area contributed by atoms with E-state index in [2.05, 4.69) is 11.8 Å². The molecule has 2 N–H and O–H groups in total. The molecule has 1 aliphatic heterocycles. The molecule has 0 unspecified atom stereocenters. The van der Waals surface area contributed by atoms with E-state index in [-0.39, 0.29) is 0 Å². The van der Waals surface area contributed by atoms with E-state index in [1.165, 1.54) is 24.6 Å². The third-order valence-electron chi connectivity index (χ3n) is 2.01. The monoisotopic (exact) mass is 160 g/mol. The summed E-state index contributed by atoms with van der Waals surface area (Å²) in [5, 5.41) is 0. The summed E-state index contributed by atoms with van der Waals surface area (Å²) in [7, 11) is 0. The van der Waals surface area contributed by atoms with Crippen LogP contribution in [0.1, 0.15) is 6.92 Å². The van der Waals surface area contributed by atoms with E-state index in [0.717, 1.165) is 6.54 Å². The topological polar surface area (TPSA) is 29.3 Å².